The van der Waals surface area contributed by atoms with E-state index >= 15 is 0 Å². The zero-order chi connectivity index (χ0) is 26.7. The number of nitrogens with zero attached hydrogens (tertiary/aromatic N) is 3. The van der Waals surface area contributed by atoms with Crippen molar-refractivity contribution in [1.82, 2.24) is 15.2 Å². The van der Waals surface area contributed by atoms with Crippen LogP contribution in [-0.4, -0.2) is 74.2 Å². The SMILES string of the molecule is COC1(C#Cc2ccc3c(c2)N(C)C(=O)[C@H](NC(=O)c2cc(Oc4ccccc4)ccn2)CO3)CN(C)C1. The molecule has 1 N–H and O–H groups in total. The van der Waals surface area contributed by atoms with Gasteiger partial charge in [0.2, 0.25) is 0 Å². The van der Waals surface area contributed by atoms with Gasteiger partial charge in [0.25, 0.3) is 11.8 Å². The van der Waals surface area contributed by atoms with Gasteiger partial charge in [0, 0.05) is 45.1 Å². The van der Waals surface area contributed by atoms with E-state index in [0.717, 1.165) is 18.7 Å². The zero-order valence-corrected chi connectivity index (χ0v) is 21.4. The number of ether oxygens (including phenoxy) is 3. The number of rotatable bonds is 5. The number of para-hydroxylation sites is 1. The van der Waals surface area contributed by atoms with E-state index in [9.17, 15) is 9.59 Å². The number of fused-ring (bicyclic) bond motifs is 1. The summed E-state index contributed by atoms with van der Waals surface area (Å²) in [7, 11) is 5.32. The molecule has 1 fully saturated rings. The standard InChI is InChI=1S/C29H28N4O5/c1-32-18-29(19-32,36-3)13-11-20-9-10-26-25(15-20)33(2)28(35)24(17-37-26)31-27(34)23-16-22(12-14-30-23)38-21-7-5-4-6-8-21/h4-10,12,14-16,24H,17-19H2,1-3H3,(H,31,34)/t24-/m1/s1. The Morgan fingerprint density at radius 1 is 1.11 bits per heavy atom. The Morgan fingerprint density at radius 3 is 2.63 bits per heavy atom. The van der Waals surface area contributed by atoms with Gasteiger partial charge in [0.15, 0.2) is 5.60 Å². The van der Waals surface area contributed by atoms with E-state index in [1.807, 2.05) is 49.5 Å². The third-order valence-electron chi connectivity index (χ3n) is 6.48. The van der Waals surface area contributed by atoms with E-state index in [4.69, 9.17) is 14.2 Å². The van der Waals surface area contributed by atoms with Crippen LogP contribution in [0.1, 0.15) is 16.1 Å². The van der Waals surface area contributed by atoms with Crippen molar-refractivity contribution in [2.45, 2.75) is 11.6 Å². The zero-order valence-electron chi connectivity index (χ0n) is 21.4. The van der Waals surface area contributed by atoms with Crippen molar-refractivity contribution in [2.75, 3.05) is 45.8 Å². The third-order valence-corrected chi connectivity index (χ3v) is 6.48. The summed E-state index contributed by atoms with van der Waals surface area (Å²) in [4.78, 5) is 34.0. The highest BCUT2D eigenvalue weighted by Gasteiger charge is 2.39. The van der Waals surface area contributed by atoms with Gasteiger partial charge in [-0.2, -0.15) is 0 Å². The Morgan fingerprint density at radius 2 is 1.89 bits per heavy atom. The van der Waals surface area contributed by atoms with E-state index in [1.165, 1.54) is 17.2 Å². The molecule has 9 heteroatoms. The van der Waals surface area contributed by atoms with Crippen LogP contribution in [0.5, 0.6) is 17.2 Å². The molecule has 0 aliphatic carbocycles. The summed E-state index contributed by atoms with van der Waals surface area (Å²) in [5.74, 6) is 7.19. The highest BCUT2D eigenvalue weighted by Crippen LogP contribution is 2.32. The van der Waals surface area contributed by atoms with Gasteiger partial charge in [-0.3, -0.25) is 19.5 Å². The lowest BCUT2D eigenvalue weighted by Gasteiger charge is -2.43. The number of pyridine rings is 1. The lowest BCUT2D eigenvalue weighted by atomic mass is 9.95. The van der Waals surface area contributed by atoms with Crippen LogP contribution in [0.3, 0.4) is 0 Å². The summed E-state index contributed by atoms with van der Waals surface area (Å²) in [5.41, 5.74) is 0.959. The molecule has 1 saturated heterocycles. The van der Waals surface area contributed by atoms with Crippen molar-refractivity contribution < 1.29 is 23.8 Å². The maximum absolute atomic E-state index is 13.3. The largest absolute Gasteiger partial charge is 0.489 e. The fraction of sp³-hybridized carbons (Fsp3) is 0.276. The quantitative estimate of drug-likeness (QED) is 0.526. The fourth-order valence-corrected chi connectivity index (χ4v) is 4.41. The molecule has 2 aliphatic heterocycles. The average molecular weight is 513 g/mol. The number of likely N-dealkylation sites (tertiary alicyclic amines) is 1. The first-order chi connectivity index (χ1) is 18.4. The molecule has 2 aromatic carbocycles. The predicted molar refractivity (Wildman–Crippen MR) is 141 cm³/mol. The van der Waals surface area contributed by atoms with Gasteiger partial charge < -0.3 is 24.4 Å². The van der Waals surface area contributed by atoms with Crippen LogP contribution >= 0.6 is 0 Å². The molecular formula is C29H28N4O5. The molecule has 38 heavy (non-hydrogen) atoms. The maximum atomic E-state index is 13.3. The first-order valence-electron chi connectivity index (χ1n) is 12.2. The number of anilines is 1. The van der Waals surface area contributed by atoms with Crippen LogP contribution in [0.2, 0.25) is 0 Å². The second-order valence-electron chi connectivity index (χ2n) is 9.33. The van der Waals surface area contributed by atoms with Crippen molar-refractivity contribution in [3.05, 3.63) is 78.1 Å². The number of hydrogen-bond acceptors (Lipinski definition) is 7. The smallest absolute Gasteiger partial charge is 0.270 e. The van der Waals surface area contributed by atoms with Crippen LogP contribution < -0.4 is 19.7 Å². The van der Waals surface area contributed by atoms with Crippen LogP contribution in [0.25, 0.3) is 0 Å². The molecule has 0 unspecified atom stereocenters. The number of hydrogen-bond donors (Lipinski definition) is 1. The van der Waals surface area contributed by atoms with E-state index in [2.05, 4.69) is 27.0 Å². The summed E-state index contributed by atoms with van der Waals surface area (Å²) in [6, 6.07) is 16.9. The highest BCUT2D eigenvalue weighted by atomic mass is 16.5. The minimum absolute atomic E-state index is 0.0216. The Balaban J connectivity index is 1.28. The molecule has 1 atom stereocenters. The first kappa shape index (κ1) is 25.3. The summed E-state index contributed by atoms with van der Waals surface area (Å²) in [6.07, 6.45) is 1.48. The third kappa shape index (κ3) is 5.32. The van der Waals surface area contributed by atoms with Crippen molar-refractivity contribution in [1.29, 1.82) is 0 Å². The summed E-state index contributed by atoms with van der Waals surface area (Å²) >= 11 is 0. The minimum atomic E-state index is -0.905. The predicted octanol–water partition coefficient (Wildman–Crippen LogP) is 2.71. The molecule has 0 radical (unpaired) electrons. The molecule has 5 rings (SSSR count). The van der Waals surface area contributed by atoms with Gasteiger partial charge in [-0.15, -0.1) is 0 Å². The Labute approximate surface area is 221 Å². The molecule has 194 valence electrons. The molecule has 3 heterocycles. The second-order valence-corrected chi connectivity index (χ2v) is 9.33. The number of methoxy groups -OCH3 is 1. The lowest BCUT2D eigenvalue weighted by Crippen LogP contribution is -2.60. The number of carbonyl (C=O) groups excluding carboxylic acids is 2. The van der Waals surface area contributed by atoms with Crippen LogP contribution in [0, 0.1) is 11.8 Å². The fourth-order valence-electron chi connectivity index (χ4n) is 4.41. The Hall–Kier alpha value is -4.39. The maximum Gasteiger partial charge on any atom is 0.270 e. The average Bonchev–Trinajstić information content (AvgIpc) is 3.03. The number of aromatic nitrogens is 1. The van der Waals surface area contributed by atoms with Crippen molar-refractivity contribution in [3.8, 4) is 29.1 Å². The number of carbonyl (C=O) groups is 2. The van der Waals surface area contributed by atoms with Gasteiger partial charge in [-0.25, -0.2) is 0 Å². The molecule has 0 spiro atoms. The monoisotopic (exact) mass is 512 g/mol. The van der Waals surface area contributed by atoms with E-state index in [0.29, 0.717) is 22.9 Å². The molecular weight excluding hydrogens is 484 g/mol. The molecule has 9 nitrogen and oxygen atoms in total. The number of nitrogens with one attached hydrogen (secondary N) is 1. The number of amides is 2. The Kier molecular flexibility index (Phi) is 7.01. The normalized spacial score (nSPS) is 18.1. The molecule has 0 bridgehead atoms. The molecule has 3 aromatic rings. The van der Waals surface area contributed by atoms with Crippen molar-refractivity contribution >= 4 is 17.5 Å². The first-order valence-corrected chi connectivity index (χ1v) is 12.2. The lowest BCUT2D eigenvalue weighted by molar-refractivity contribution is -0.120. The van der Waals surface area contributed by atoms with Crippen LogP contribution in [0.4, 0.5) is 5.69 Å². The van der Waals surface area contributed by atoms with E-state index in [1.54, 1.807) is 26.3 Å². The van der Waals surface area contributed by atoms with Crippen molar-refractivity contribution in [3.63, 3.8) is 0 Å². The molecule has 0 saturated carbocycles. The van der Waals surface area contributed by atoms with Gasteiger partial charge in [0.1, 0.15) is 35.6 Å². The summed E-state index contributed by atoms with van der Waals surface area (Å²) in [5, 5.41) is 2.75. The topological polar surface area (TPSA) is 93.2 Å². The minimum Gasteiger partial charge on any atom is -0.489 e. The van der Waals surface area contributed by atoms with E-state index in [-0.39, 0.29) is 18.2 Å². The van der Waals surface area contributed by atoms with Gasteiger partial charge >= 0.3 is 0 Å². The number of benzene rings is 2. The number of likely N-dealkylation sites (N-methyl/N-ethyl adjacent to an activating group) is 2. The van der Waals surface area contributed by atoms with Crippen LogP contribution in [-0.2, 0) is 9.53 Å². The van der Waals surface area contributed by atoms with Crippen molar-refractivity contribution in [2.24, 2.45) is 0 Å². The molecule has 2 aliphatic rings. The Bertz CT molecular complexity index is 1410. The van der Waals surface area contributed by atoms with Crippen LogP contribution in [0.15, 0.2) is 66.9 Å². The molecule has 2 amide bonds. The second kappa shape index (κ2) is 10.5. The van der Waals surface area contributed by atoms with Gasteiger partial charge in [-0.1, -0.05) is 30.0 Å². The van der Waals surface area contributed by atoms with Gasteiger partial charge in [-0.05, 0) is 43.4 Å². The summed E-state index contributed by atoms with van der Waals surface area (Å²) in [6.45, 7) is 1.45. The molecule has 1 aromatic heterocycles. The van der Waals surface area contributed by atoms with Gasteiger partial charge in [0.05, 0.1) is 5.69 Å². The highest BCUT2D eigenvalue weighted by molar-refractivity contribution is 6.03. The summed E-state index contributed by atoms with van der Waals surface area (Å²) < 4.78 is 17.3. The van der Waals surface area contributed by atoms with E-state index < -0.39 is 17.6 Å².